The molecule has 1 unspecified atom stereocenters. The molecule has 0 aliphatic carbocycles. The topological polar surface area (TPSA) is 93.3 Å². The highest BCUT2D eigenvalue weighted by Gasteiger charge is 2.27. The van der Waals surface area contributed by atoms with E-state index < -0.39 is 5.91 Å². The first-order valence-corrected chi connectivity index (χ1v) is 8.45. The first kappa shape index (κ1) is 17.0. The number of para-hydroxylation sites is 1. The predicted octanol–water partition coefficient (Wildman–Crippen LogP) is 1.57. The molecule has 25 heavy (non-hydrogen) atoms. The molecule has 3 N–H and O–H groups in total. The molecule has 1 aromatic heterocycles. The second-order valence-electron chi connectivity index (χ2n) is 6.56. The van der Waals surface area contributed by atoms with Gasteiger partial charge in [-0.2, -0.15) is 5.10 Å². The van der Waals surface area contributed by atoms with Crippen LogP contribution in [0.2, 0.25) is 0 Å². The molecule has 1 saturated heterocycles. The Labute approximate surface area is 146 Å². The van der Waals surface area contributed by atoms with Crippen molar-refractivity contribution in [2.45, 2.75) is 32.4 Å². The number of aromatic nitrogens is 2. The molecule has 1 fully saturated rings. The van der Waals surface area contributed by atoms with E-state index in [1.54, 1.807) is 22.9 Å². The van der Waals surface area contributed by atoms with Gasteiger partial charge in [-0.3, -0.25) is 14.3 Å². The summed E-state index contributed by atoms with van der Waals surface area (Å²) >= 11 is 0. The monoisotopic (exact) mass is 341 g/mol. The molecule has 3 rings (SSSR count). The van der Waals surface area contributed by atoms with E-state index >= 15 is 0 Å². The largest absolute Gasteiger partial charge is 0.369 e. The molecule has 0 radical (unpaired) electrons. The van der Waals surface area contributed by atoms with Crippen molar-refractivity contribution in [3.05, 3.63) is 47.8 Å². The average molecular weight is 341 g/mol. The second-order valence-corrected chi connectivity index (χ2v) is 6.56. The molecular weight excluding hydrogens is 318 g/mol. The maximum absolute atomic E-state index is 12.4. The van der Waals surface area contributed by atoms with Gasteiger partial charge in [0.05, 0.1) is 5.56 Å². The smallest absolute Gasteiger partial charge is 0.272 e. The quantitative estimate of drug-likeness (QED) is 0.863. The van der Waals surface area contributed by atoms with Crippen LogP contribution in [-0.2, 0) is 0 Å². The highest BCUT2D eigenvalue weighted by molar-refractivity contribution is 5.98. The van der Waals surface area contributed by atoms with E-state index in [-0.39, 0.29) is 18.0 Å². The summed E-state index contributed by atoms with van der Waals surface area (Å²) < 4.78 is 1.76. The first-order valence-electron chi connectivity index (χ1n) is 8.45. The van der Waals surface area contributed by atoms with E-state index in [0.717, 1.165) is 18.7 Å². The molecule has 2 heterocycles. The van der Waals surface area contributed by atoms with Crippen LogP contribution >= 0.6 is 0 Å². The van der Waals surface area contributed by atoms with Crippen molar-refractivity contribution in [1.29, 1.82) is 0 Å². The van der Waals surface area contributed by atoms with Crippen molar-refractivity contribution < 1.29 is 9.59 Å². The van der Waals surface area contributed by atoms with E-state index in [1.807, 2.05) is 32.2 Å². The number of nitrogens with one attached hydrogen (secondary N) is 1. The Bertz CT molecular complexity index is 783. The van der Waals surface area contributed by atoms with Crippen molar-refractivity contribution in [3.63, 3.8) is 0 Å². The summed E-state index contributed by atoms with van der Waals surface area (Å²) in [5, 5.41) is 7.32. The lowest BCUT2D eigenvalue weighted by atomic mass is 10.1. The van der Waals surface area contributed by atoms with Crippen LogP contribution in [0.4, 0.5) is 5.69 Å². The molecule has 0 bridgehead atoms. The number of anilines is 1. The van der Waals surface area contributed by atoms with Gasteiger partial charge in [-0.25, -0.2) is 0 Å². The number of carbonyl (C=O) groups is 2. The zero-order chi connectivity index (χ0) is 18.0. The zero-order valence-corrected chi connectivity index (χ0v) is 14.5. The summed E-state index contributed by atoms with van der Waals surface area (Å²) in [6.07, 6.45) is 2.62. The summed E-state index contributed by atoms with van der Waals surface area (Å²) in [5.41, 5.74) is 7.20. The second kappa shape index (κ2) is 6.96. The highest BCUT2D eigenvalue weighted by Crippen LogP contribution is 2.24. The predicted molar refractivity (Wildman–Crippen MR) is 95.7 cm³/mol. The van der Waals surface area contributed by atoms with E-state index in [2.05, 4.69) is 15.3 Å². The molecule has 1 aromatic carbocycles. The molecule has 1 aliphatic heterocycles. The molecule has 2 aromatic rings. The standard InChI is InChI=1S/C18H23N5O2/c1-12(2)23-10-8-15(21-23)18(25)20-13-7-9-22(11-13)16-6-4-3-5-14(16)17(19)24/h3-6,8,10,12-13H,7,9,11H2,1-2H3,(H2,19,24)(H,20,25). The lowest BCUT2D eigenvalue weighted by molar-refractivity contribution is 0.0933. The van der Waals surface area contributed by atoms with Gasteiger partial charge >= 0.3 is 0 Å². The van der Waals surface area contributed by atoms with Crippen LogP contribution in [0.1, 0.15) is 47.2 Å². The molecule has 1 atom stereocenters. The Morgan fingerprint density at radius 2 is 2.04 bits per heavy atom. The maximum atomic E-state index is 12.4. The lowest BCUT2D eigenvalue weighted by Gasteiger charge is -2.21. The van der Waals surface area contributed by atoms with Crippen molar-refractivity contribution in [1.82, 2.24) is 15.1 Å². The summed E-state index contributed by atoms with van der Waals surface area (Å²) in [7, 11) is 0. The van der Waals surface area contributed by atoms with E-state index in [0.29, 0.717) is 17.8 Å². The van der Waals surface area contributed by atoms with Gasteiger partial charge in [-0.1, -0.05) is 12.1 Å². The first-order chi connectivity index (χ1) is 12.0. The van der Waals surface area contributed by atoms with Crippen molar-refractivity contribution in [3.8, 4) is 0 Å². The van der Waals surface area contributed by atoms with Gasteiger partial charge in [0.25, 0.3) is 11.8 Å². The summed E-state index contributed by atoms with van der Waals surface area (Å²) in [6.45, 7) is 5.43. The number of amides is 2. The Balaban J connectivity index is 1.65. The zero-order valence-electron chi connectivity index (χ0n) is 14.5. The van der Waals surface area contributed by atoms with Crippen molar-refractivity contribution in [2.24, 2.45) is 5.73 Å². The van der Waals surface area contributed by atoms with Crippen LogP contribution in [0.5, 0.6) is 0 Å². The average Bonchev–Trinajstić information content (AvgIpc) is 3.24. The number of nitrogens with two attached hydrogens (primary N) is 1. The van der Waals surface area contributed by atoms with Crippen LogP contribution in [0.3, 0.4) is 0 Å². The minimum atomic E-state index is -0.442. The molecule has 7 nitrogen and oxygen atoms in total. The molecule has 0 saturated carbocycles. The van der Waals surface area contributed by atoms with Gasteiger partial charge in [-0.05, 0) is 38.5 Å². The third kappa shape index (κ3) is 3.65. The fourth-order valence-electron chi connectivity index (χ4n) is 3.06. The minimum absolute atomic E-state index is 0.0117. The third-order valence-corrected chi connectivity index (χ3v) is 4.40. The molecule has 132 valence electrons. The van der Waals surface area contributed by atoms with Crippen molar-refractivity contribution in [2.75, 3.05) is 18.0 Å². The minimum Gasteiger partial charge on any atom is -0.369 e. The molecular formula is C18H23N5O2. The Hall–Kier alpha value is -2.83. The fraction of sp³-hybridized carbons (Fsp3) is 0.389. The van der Waals surface area contributed by atoms with Gasteiger partial charge in [0.1, 0.15) is 5.69 Å². The normalized spacial score (nSPS) is 17.1. The molecule has 1 aliphatic rings. The summed E-state index contributed by atoms with van der Waals surface area (Å²) in [6, 6.07) is 9.24. The maximum Gasteiger partial charge on any atom is 0.272 e. The Morgan fingerprint density at radius 3 is 2.72 bits per heavy atom. The van der Waals surface area contributed by atoms with Crippen LogP contribution in [-0.4, -0.2) is 40.7 Å². The SMILES string of the molecule is CC(C)n1ccc(C(=O)NC2CCN(c3ccccc3C(N)=O)C2)n1. The lowest BCUT2D eigenvalue weighted by Crippen LogP contribution is -2.37. The van der Waals surface area contributed by atoms with Gasteiger partial charge in [0.2, 0.25) is 0 Å². The molecule has 0 spiro atoms. The highest BCUT2D eigenvalue weighted by atomic mass is 16.2. The third-order valence-electron chi connectivity index (χ3n) is 4.40. The number of nitrogens with zero attached hydrogens (tertiary/aromatic N) is 3. The molecule has 7 heteroatoms. The van der Waals surface area contributed by atoms with Crippen LogP contribution < -0.4 is 16.0 Å². The van der Waals surface area contributed by atoms with Gasteiger partial charge in [0.15, 0.2) is 0 Å². The number of hydrogen-bond acceptors (Lipinski definition) is 4. The van der Waals surface area contributed by atoms with E-state index in [1.165, 1.54) is 0 Å². The van der Waals surface area contributed by atoms with Crippen LogP contribution in [0.25, 0.3) is 0 Å². The van der Waals surface area contributed by atoms with Crippen molar-refractivity contribution >= 4 is 17.5 Å². The number of primary amides is 1. The number of benzene rings is 1. The van der Waals surface area contributed by atoms with Gasteiger partial charge in [0, 0.05) is 37.1 Å². The number of rotatable bonds is 5. The van der Waals surface area contributed by atoms with Crippen LogP contribution in [0, 0.1) is 0 Å². The number of carbonyl (C=O) groups excluding carboxylic acids is 2. The van der Waals surface area contributed by atoms with E-state index in [9.17, 15) is 9.59 Å². The summed E-state index contributed by atoms with van der Waals surface area (Å²) in [4.78, 5) is 26.1. The fourth-order valence-corrected chi connectivity index (χ4v) is 3.06. The van der Waals surface area contributed by atoms with Gasteiger partial charge < -0.3 is 16.0 Å². The molecule has 2 amide bonds. The van der Waals surface area contributed by atoms with E-state index in [4.69, 9.17) is 5.73 Å². The Kier molecular flexibility index (Phi) is 4.74. The van der Waals surface area contributed by atoms with Gasteiger partial charge in [-0.15, -0.1) is 0 Å². The number of hydrogen-bond donors (Lipinski definition) is 2. The Morgan fingerprint density at radius 1 is 1.28 bits per heavy atom. The summed E-state index contributed by atoms with van der Waals surface area (Å²) in [5.74, 6) is -0.614. The van der Waals surface area contributed by atoms with Crippen LogP contribution in [0.15, 0.2) is 36.5 Å².